The molecule has 2 atom stereocenters. The number of hydrogen-bond donors (Lipinski definition) is 0. The number of nitrogens with zero attached hydrogens (tertiary/aromatic N) is 1. The summed E-state index contributed by atoms with van der Waals surface area (Å²) in [6.07, 6.45) is 2.36. The highest BCUT2D eigenvalue weighted by Crippen LogP contribution is 2.40. The zero-order chi connectivity index (χ0) is 14.1. The van der Waals surface area contributed by atoms with Gasteiger partial charge in [-0.15, -0.1) is 0 Å². The van der Waals surface area contributed by atoms with Gasteiger partial charge in [-0.2, -0.15) is 0 Å². The van der Waals surface area contributed by atoms with Gasteiger partial charge in [0, 0.05) is 13.2 Å². The Morgan fingerprint density at radius 2 is 1.81 bits per heavy atom. The van der Waals surface area contributed by atoms with Gasteiger partial charge in [-0.05, 0) is 30.5 Å². The molecule has 2 aliphatic heterocycles. The second kappa shape index (κ2) is 5.41. The first-order valence-corrected chi connectivity index (χ1v) is 7.60. The van der Waals surface area contributed by atoms with Gasteiger partial charge in [0.2, 0.25) is 0 Å². The van der Waals surface area contributed by atoms with E-state index in [1.807, 2.05) is 12.1 Å². The number of para-hydroxylation sites is 2. The second-order valence-electron chi connectivity index (χ2n) is 5.64. The summed E-state index contributed by atoms with van der Waals surface area (Å²) in [6.45, 7) is 1.70. The van der Waals surface area contributed by atoms with Crippen LogP contribution in [0.3, 0.4) is 0 Å². The molecule has 0 spiro atoms. The first kappa shape index (κ1) is 12.7. The fourth-order valence-electron chi connectivity index (χ4n) is 3.18. The number of ether oxygens (including phenoxy) is 2. The van der Waals surface area contributed by atoms with Gasteiger partial charge in [0.05, 0.1) is 5.69 Å². The van der Waals surface area contributed by atoms with Crippen LogP contribution in [0.5, 0.6) is 5.75 Å². The van der Waals surface area contributed by atoms with Crippen molar-refractivity contribution in [2.75, 3.05) is 11.5 Å². The monoisotopic (exact) mass is 281 g/mol. The third kappa shape index (κ3) is 2.38. The smallest absolute Gasteiger partial charge is 0.199 e. The minimum absolute atomic E-state index is 0.00916. The maximum absolute atomic E-state index is 6.18. The zero-order valence-corrected chi connectivity index (χ0v) is 11.9. The largest absolute Gasteiger partial charge is 0.466 e. The van der Waals surface area contributed by atoms with E-state index in [-0.39, 0.29) is 12.3 Å². The summed E-state index contributed by atoms with van der Waals surface area (Å²) in [4.78, 5) is 2.33. The van der Waals surface area contributed by atoms with Crippen LogP contribution < -0.4 is 9.64 Å². The minimum Gasteiger partial charge on any atom is -0.466 e. The van der Waals surface area contributed by atoms with E-state index in [9.17, 15) is 0 Å². The molecule has 0 aliphatic carbocycles. The van der Waals surface area contributed by atoms with Gasteiger partial charge in [-0.25, -0.2) is 0 Å². The van der Waals surface area contributed by atoms with Crippen LogP contribution in [0.1, 0.15) is 18.4 Å². The molecular weight excluding hydrogens is 262 g/mol. The Balaban J connectivity index is 1.65. The summed E-state index contributed by atoms with van der Waals surface area (Å²) < 4.78 is 12.0. The molecule has 0 bridgehead atoms. The number of hydrogen-bond acceptors (Lipinski definition) is 3. The van der Waals surface area contributed by atoms with Crippen molar-refractivity contribution < 1.29 is 9.47 Å². The lowest BCUT2D eigenvalue weighted by molar-refractivity contribution is 0.0197. The van der Waals surface area contributed by atoms with Gasteiger partial charge < -0.3 is 14.4 Å². The Labute approximate surface area is 125 Å². The molecule has 2 aromatic carbocycles. The van der Waals surface area contributed by atoms with Crippen LogP contribution >= 0.6 is 0 Å². The molecule has 2 unspecified atom stereocenters. The first-order valence-electron chi connectivity index (χ1n) is 7.60. The van der Waals surface area contributed by atoms with Crippen molar-refractivity contribution in [2.24, 2.45) is 0 Å². The van der Waals surface area contributed by atoms with Crippen LogP contribution in [0.4, 0.5) is 5.69 Å². The molecular formula is C18H19NO2. The van der Waals surface area contributed by atoms with E-state index in [4.69, 9.17) is 9.47 Å². The lowest BCUT2D eigenvalue weighted by Crippen LogP contribution is -2.43. The maximum Gasteiger partial charge on any atom is 0.199 e. The second-order valence-corrected chi connectivity index (χ2v) is 5.64. The van der Waals surface area contributed by atoms with Gasteiger partial charge >= 0.3 is 0 Å². The highest BCUT2D eigenvalue weighted by molar-refractivity contribution is 5.62. The molecule has 2 aliphatic rings. The maximum atomic E-state index is 6.18. The van der Waals surface area contributed by atoms with Gasteiger partial charge in [-0.3, -0.25) is 0 Å². The summed E-state index contributed by atoms with van der Waals surface area (Å²) >= 11 is 0. The molecule has 21 heavy (non-hydrogen) atoms. The number of fused-ring (bicyclic) bond motifs is 1. The van der Waals surface area contributed by atoms with E-state index in [2.05, 4.69) is 47.4 Å². The van der Waals surface area contributed by atoms with E-state index < -0.39 is 0 Å². The fraction of sp³-hybridized carbons (Fsp3) is 0.333. The van der Waals surface area contributed by atoms with Crippen molar-refractivity contribution in [2.45, 2.75) is 31.7 Å². The highest BCUT2D eigenvalue weighted by atomic mass is 16.6. The molecule has 3 heteroatoms. The van der Waals surface area contributed by atoms with Crippen molar-refractivity contribution in [1.29, 1.82) is 0 Å². The third-order valence-corrected chi connectivity index (χ3v) is 4.21. The number of rotatable bonds is 3. The van der Waals surface area contributed by atoms with E-state index in [0.717, 1.165) is 31.7 Å². The van der Waals surface area contributed by atoms with Crippen molar-refractivity contribution >= 4 is 5.69 Å². The Kier molecular flexibility index (Phi) is 3.28. The van der Waals surface area contributed by atoms with Crippen molar-refractivity contribution in [3.8, 4) is 5.75 Å². The standard InChI is InChI=1S/C18H19NO2/c1-2-7-14(8-3-1)13-19-15-9-4-5-10-16(15)21-18(19)17-11-6-12-20-17/h1-5,7-10,17-18H,6,11-13H2. The summed E-state index contributed by atoms with van der Waals surface area (Å²) in [5, 5.41) is 0. The van der Waals surface area contributed by atoms with Crippen LogP contribution in [0, 0.1) is 0 Å². The SMILES string of the molecule is c1ccc(CN2c3ccccc3OC2C2CCCO2)cc1. The van der Waals surface area contributed by atoms with Crippen LogP contribution in [0.15, 0.2) is 54.6 Å². The predicted octanol–water partition coefficient (Wildman–Crippen LogP) is 3.59. The molecule has 1 saturated heterocycles. The van der Waals surface area contributed by atoms with Gasteiger partial charge in [0.25, 0.3) is 0 Å². The molecule has 0 aromatic heterocycles. The van der Waals surface area contributed by atoms with Crippen LogP contribution in [-0.2, 0) is 11.3 Å². The van der Waals surface area contributed by atoms with E-state index in [1.165, 1.54) is 11.3 Å². The Bertz CT molecular complexity index is 608. The molecule has 2 heterocycles. The summed E-state index contributed by atoms with van der Waals surface area (Å²) in [5.74, 6) is 0.967. The predicted molar refractivity (Wildman–Crippen MR) is 82.5 cm³/mol. The Morgan fingerprint density at radius 1 is 1.00 bits per heavy atom. The van der Waals surface area contributed by atoms with Gasteiger partial charge in [-0.1, -0.05) is 42.5 Å². The zero-order valence-electron chi connectivity index (χ0n) is 11.9. The topological polar surface area (TPSA) is 21.7 Å². The van der Waals surface area contributed by atoms with Crippen molar-refractivity contribution in [1.82, 2.24) is 0 Å². The molecule has 0 saturated carbocycles. The lowest BCUT2D eigenvalue weighted by atomic mass is 10.1. The number of benzene rings is 2. The van der Waals surface area contributed by atoms with E-state index in [1.54, 1.807) is 0 Å². The lowest BCUT2D eigenvalue weighted by Gasteiger charge is -2.29. The molecule has 108 valence electrons. The highest BCUT2D eigenvalue weighted by Gasteiger charge is 2.38. The van der Waals surface area contributed by atoms with Crippen molar-refractivity contribution in [3.05, 3.63) is 60.2 Å². The average Bonchev–Trinajstić information content (AvgIpc) is 3.16. The molecule has 0 N–H and O–H groups in total. The molecule has 1 fully saturated rings. The Morgan fingerprint density at radius 3 is 2.62 bits per heavy atom. The van der Waals surface area contributed by atoms with Crippen LogP contribution in [0.25, 0.3) is 0 Å². The number of anilines is 1. The normalized spacial score (nSPS) is 23.9. The quantitative estimate of drug-likeness (QED) is 0.858. The molecule has 3 nitrogen and oxygen atoms in total. The van der Waals surface area contributed by atoms with Crippen LogP contribution in [0.2, 0.25) is 0 Å². The van der Waals surface area contributed by atoms with Gasteiger partial charge in [0.1, 0.15) is 11.9 Å². The summed E-state index contributed by atoms with van der Waals surface area (Å²) in [7, 11) is 0. The average molecular weight is 281 g/mol. The first-order chi connectivity index (χ1) is 10.4. The fourth-order valence-corrected chi connectivity index (χ4v) is 3.18. The van der Waals surface area contributed by atoms with Crippen molar-refractivity contribution in [3.63, 3.8) is 0 Å². The third-order valence-electron chi connectivity index (χ3n) is 4.21. The van der Waals surface area contributed by atoms with Gasteiger partial charge in [0.15, 0.2) is 6.23 Å². The molecule has 0 amide bonds. The van der Waals surface area contributed by atoms with E-state index in [0.29, 0.717) is 0 Å². The van der Waals surface area contributed by atoms with E-state index >= 15 is 0 Å². The minimum atomic E-state index is -0.00916. The Hall–Kier alpha value is -2.00. The molecule has 2 aromatic rings. The van der Waals surface area contributed by atoms with Crippen LogP contribution in [-0.4, -0.2) is 18.9 Å². The molecule has 0 radical (unpaired) electrons. The summed E-state index contributed by atoms with van der Waals surface area (Å²) in [6, 6.07) is 18.8. The summed E-state index contributed by atoms with van der Waals surface area (Å²) in [5.41, 5.74) is 2.46. The molecule has 4 rings (SSSR count).